The summed E-state index contributed by atoms with van der Waals surface area (Å²) >= 11 is 6.28. The number of urea groups is 1. The molecule has 0 aromatic heterocycles. The standard InChI is InChI=1S/C23H24ClN3O4S/c1-23(2,3)17-11-15(12-19(13-17)27-10-9-21(28)25-22(27)29)5-6-16-7-8-18(14-20(16)24)26-32(4,30)31/h7-8,11-14,26H,9-10H2,1-4H3,(H,25,28,29). The van der Waals surface area contributed by atoms with Crippen LogP contribution in [0.2, 0.25) is 5.02 Å². The zero-order valence-electron chi connectivity index (χ0n) is 18.2. The predicted octanol–water partition coefficient (Wildman–Crippen LogP) is 3.86. The lowest BCUT2D eigenvalue weighted by molar-refractivity contribution is -0.120. The largest absolute Gasteiger partial charge is 0.328 e. The molecule has 7 nitrogen and oxygen atoms in total. The van der Waals surface area contributed by atoms with Gasteiger partial charge < -0.3 is 0 Å². The molecule has 168 valence electrons. The molecule has 0 aliphatic carbocycles. The maximum absolute atomic E-state index is 12.3. The van der Waals surface area contributed by atoms with Crippen LogP contribution in [-0.2, 0) is 20.2 Å². The van der Waals surface area contributed by atoms with Crippen molar-refractivity contribution in [2.24, 2.45) is 0 Å². The molecule has 1 aliphatic heterocycles. The molecular formula is C23H24ClN3O4S. The van der Waals surface area contributed by atoms with E-state index in [1.165, 1.54) is 11.0 Å². The second kappa shape index (κ2) is 8.85. The number of hydrogen-bond donors (Lipinski definition) is 2. The molecule has 3 amide bonds. The average Bonchev–Trinajstić information content (AvgIpc) is 2.65. The number of carbonyl (C=O) groups excluding carboxylic acids is 2. The van der Waals surface area contributed by atoms with Crippen LogP contribution in [0.5, 0.6) is 0 Å². The van der Waals surface area contributed by atoms with Crippen molar-refractivity contribution in [3.05, 3.63) is 58.1 Å². The van der Waals surface area contributed by atoms with Gasteiger partial charge in [0.15, 0.2) is 0 Å². The maximum Gasteiger partial charge on any atom is 0.328 e. The van der Waals surface area contributed by atoms with Crippen molar-refractivity contribution in [2.75, 3.05) is 22.4 Å². The summed E-state index contributed by atoms with van der Waals surface area (Å²) in [6, 6.07) is 9.95. The molecule has 32 heavy (non-hydrogen) atoms. The Hall–Kier alpha value is -3.02. The first-order chi connectivity index (χ1) is 14.8. The smallest absolute Gasteiger partial charge is 0.294 e. The normalized spacial score (nSPS) is 14.5. The Bertz CT molecular complexity index is 1250. The molecule has 0 atom stereocenters. The van der Waals surface area contributed by atoms with Crippen LogP contribution in [0.3, 0.4) is 0 Å². The minimum absolute atomic E-state index is 0.189. The number of imide groups is 1. The van der Waals surface area contributed by atoms with E-state index in [4.69, 9.17) is 11.6 Å². The highest BCUT2D eigenvalue weighted by Crippen LogP contribution is 2.29. The van der Waals surface area contributed by atoms with Gasteiger partial charge in [0.1, 0.15) is 0 Å². The molecular weight excluding hydrogens is 450 g/mol. The van der Waals surface area contributed by atoms with Gasteiger partial charge in [-0.2, -0.15) is 0 Å². The number of nitrogens with one attached hydrogen (secondary N) is 2. The van der Waals surface area contributed by atoms with Crippen molar-refractivity contribution in [2.45, 2.75) is 32.6 Å². The number of carbonyl (C=O) groups is 2. The lowest BCUT2D eigenvalue weighted by Crippen LogP contribution is -2.49. The highest BCUT2D eigenvalue weighted by atomic mass is 35.5. The summed E-state index contributed by atoms with van der Waals surface area (Å²) in [7, 11) is -3.41. The molecule has 0 radical (unpaired) electrons. The average molecular weight is 474 g/mol. The Balaban J connectivity index is 1.98. The number of halogens is 1. The van der Waals surface area contributed by atoms with E-state index in [9.17, 15) is 18.0 Å². The first kappa shape index (κ1) is 23.6. The second-order valence-electron chi connectivity index (χ2n) is 8.59. The van der Waals surface area contributed by atoms with E-state index in [1.807, 2.05) is 12.1 Å². The van der Waals surface area contributed by atoms with Crippen molar-refractivity contribution in [1.29, 1.82) is 0 Å². The topological polar surface area (TPSA) is 95.6 Å². The first-order valence-electron chi connectivity index (χ1n) is 9.88. The molecule has 9 heteroatoms. The number of anilines is 2. The fourth-order valence-electron chi connectivity index (χ4n) is 3.12. The van der Waals surface area contributed by atoms with Crippen LogP contribution in [0.25, 0.3) is 0 Å². The van der Waals surface area contributed by atoms with Crippen LogP contribution >= 0.6 is 11.6 Å². The molecule has 0 unspecified atom stereocenters. The SMILES string of the molecule is CC(C)(C)c1cc(C#Cc2ccc(NS(C)(=O)=O)cc2Cl)cc(N2CCC(=O)NC2=O)c1. The van der Waals surface area contributed by atoms with Crippen molar-refractivity contribution in [3.63, 3.8) is 0 Å². The Morgan fingerprint density at radius 2 is 1.81 bits per heavy atom. The van der Waals surface area contributed by atoms with E-state index in [1.54, 1.807) is 18.2 Å². The van der Waals surface area contributed by atoms with Crippen LogP contribution in [-0.4, -0.2) is 33.2 Å². The maximum atomic E-state index is 12.3. The van der Waals surface area contributed by atoms with Crippen LogP contribution in [0.15, 0.2) is 36.4 Å². The van der Waals surface area contributed by atoms with Gasteiger partial charge in [0, 0.05) is 29.8 Å². The van der Waals surface area contributed by atoms with Crippen molar-refractivity contribution in [3.8, 4) is 11.8 Å². The van der Waals surface area contributed by atoms with Gasteiger partial charge in [0.05, 0.1) is 17.0 Å². The molecule has 1 heterocycles. The Morgan fingerprint density at radius 3 is 2.41 bits per heavy atom. The van der Waals surface area contributed by atoms with E-state index in [-0.39, 0.29) is 17.7 Å². The van der Waals surface area contributed by atoms with Crippen LogP contribution in [0, 0.1) is 11.8 Å². The number of nitrogens with zero attached hydrogens (tertiary/aromatic N) is 1. The quantitative estimate of drug-likeness (QED) is 0.662. The summed E-state index contributed by atoms with van der Waals surface area (Å²) < 4.78 is 25.2. The molecule has 3 rings (SSSR count). The minimum atomic E-state index is -3.41. The van der Waals surface area contributed by atoms with E-state index < -0.39 is 16.1 Å². The number of benzene rings is 2. The number of amides is 3. The second-order valence-corrected chi connectivity index (χ2v) is 10.7. The molecule has 1 fully saturated rings. The monoisotopic (exact) mass is 473 g/mol. The fraction of sp³-hybridized carbons (Fsp3) is 0.304. The van der Waals surface area contributed by atoms with Crippen LogP contribution < -0.4 is 14.9 Å². The summed E-state index contributed by atoms with van der Waals surface area (Å²) in [5.74, 6) is 5.81. The molecule has 2 aromatic carbocycles. The number of sulfonamides is 1. The van der Waals surface area contributed by atoms with Crippen molar-refractivity contribution in [1.82, 2.24) is 5.32 Å². The molecule has 2 aromatic rings. The summed E-state index contributed by atoms with van der Waals surface area (Å²) in [6.45, 7) is 6.49. The third kappa shape index (κ3) is 6.02. The summed E-state index contributed by atoms with van der Waals surface area (Å²) in [5, 5.41) is 2.65. The van der Waals surface area contributed by atoms with Gasteiger partial charge in [-0.15, -0.1) is 0 Å². The van der Waals surface area contributed by atoms with Crippen LogP contribution in [0.1, 0.15) is 43.9 Å². The third-order valence-electron chi connectivity index (χ3n) is 4.76. The van der Waals surface area contributed by atoms with Crippen LogP contribution in [0.4, 0.5) is 16.2 Å². The van der Waals surface area contributed by atoms with E-state index >= 15 is 0 Å². The summed E-state index contributed by atoms with van der Waals surface area (Å²) in [6.07, 6.45) is 1.29. The Kier molecular flexibility index (Phi) is 6.54. The summed E-state index contributed by atoms with van der Waals surface area (Å²) in [5.41, 5.74) is 3.03. The lowest BCUT2D eigenvalue weighted by atomic mass is 9.85. The number of hydrogen-bond acceptors (Lipinski definition) is 4. The predicted molar refractivity (Wildman–Crippen MR) is 127 cm³/mol. The summed E-state index contributed by atoms with van der Waals surface area (Å²) in [4.78, 5) is 25.4. The van der Waals surface area contributed by atoms with Gasteiger partial charge in [0.2, 0.25) is 15.9 Å². The molecule has 1 saturated heterocycles. The number of rotatable bonds is 3. The van der Waals surface area contributed by atoms with Gasteiger partial charge >= 0.3 is 6.03 Å². The van der Waals surface area contributed by atoms with Gasteiger partial charge in [-0.3, -0.25) is 19.7 Å². The van der Waals surface area contributed by atoms with Gasteiger partial charge in [-0.1, -0.05) is 44.2 Å². The van der Waals surface area contributed by atoms with Gasteiger partial charge in [-0.05, 0) is 47.4 Å². The lowest BCUT2D eigenvalue weighted by Gasteiger charge is -2.29. The molecule has 0 bridgehead atoms. The van der Waals surface area contributed by atoms with Gasteiger partial charge in [-0.25, -0.2) is 13.2 Å². The van der Waals surface area contributed by atoms with E-state index in [0.717, 1.165) is 11.8 Å². The zero-order valence-corrected chi connectivity index (χ0v) is 19.8. The van der Waals surface area contributed by atoms with Gasteiger partial charge in [0.25, 0.3) is 0 Å². The van der Waals surface area contributed by atoms with Crippen molar-refractivity contribution >= 4 is 44.9 Å². The first-order valence-corrected chi connectivity index (χ1v) is 12.1. The van der Waals surface area contributed by atoms with E-state index in [2.05, 4.69) is 42.7 Å². The highest BCUT2D eigenvalue weighted by Gasteiger charge is 2.26. The fourth-order valence-corrected chi connectivity index (χ4v) is 3.90. The Labute approximate surface area is 193 Å². The molecule has 1 aliphatic rings. The molecule has 0 saturated carbocycles. The molecule has 0 spiro atoms. The molecule has 2 N–H and O–H groups in total. The van der Waals surface area contributed by atoms with Crippen molar-refractivity contribution < 1.29 is 18.0 Å². The minimum Gasteiger partial charge on any atom is -0.294 e. The Morgan fingerprint density at radius 1 is 1.09 bits per heavy atom. The zero-order chi connectivity index (χ0) is 23.7. The van der Waals surface area contributed by atoms with E-state index in [0.29, 0.717) is 34.1 Å². The highest BCUT2D eigenvalue weighted by molar-refractivity contribution is 7.92. The third-order valence-corrected chi connectivity index (χ3v) is 5.68.